The lowest BCUT2D eigenvalue weighted by Gasteiger charge is -2.12. The maximum absolute atomic E-state index is 8.68. The zero-order valence-corrected chi connectivity index (χ0v) is 29.4. The number of hydrogen-bond acceptors (Lipinski definition) is 1. The van der Waals surface area contributed by atoms with Gasteiger partial charge in [-0.15, -0.1) is 0 Å². The first-order valence-corrected chi connectivity index (χ1v) is 18.4. The van der Waals surface area contributed by atoms with Crippen molar-refractivity contribution in [2.24, 2.45) is 0 Å². The summed E-state index contributed by atoms with van der Waals surface area (Å²) in [4.78, 5) is 0. The molecule has 0 unspecified atom stereocenters. The van der Waals surface area contributed by atoms with Gasteiger partial charge in [-0.05, 0) is 88.3 Å². The summed E-state index contributed by atoms with van der Waals surface area (Å²) in [5.41, 5.74) is 10.7. The van der Waals surface area contributed by atoms with Crippen LogP contribution in [0.2, 0.25) is 0 Å². The van der Waals surface area contributed by atoms with Gasteiger partial charge in [0.2, 0.25) is 0 Å². The standard InChI is InChI=1S/C52H32N2O/c1-2-12-34(13-3-1)39-19-11-23-50-52(39)42-27-26-37(32-51(42)55-50)53-46-20-8-6-17-40(46)43-30-35(24-28-48(43)53)36-25-29-49-44(31-36)41-18-7-9-21-47(41)54(49)45-22-10-15-33-14-4-5-16-38(33)45/h1-32H/i1D,2D,3D,12D,13D. The molecule has 0 saturated carbocycles. The third-order valence-electron chi connectivity index (χ3n) is 11.2. The van der Waals surface area contributed by atoms with E-state index in [2.05, 4.69) is 143 Å². The molecule has 0 saturated heterocycles. The van der Waals surface area contributed by atoms with Crippen LogP contribution in [0.5, 0.6) is 0 Å². The highest BCUT2D eigenvalue weighted by Crippen LogP contribution is 2.41. The third kappa shape index (κ3) is 4.44. The number of furan rings is 1. The molecule has 55 heavy (non-hydrogen) atoms. The average molecular weight is 706 g/mol. The Balaban J connectivity index is 1.01. The first-order chi connectivity index (χ1) is 29.4. The SMILES string of the molecule is [2H]c1c([2H])c([2H])c(-c2cccc3oc4cc(-n5c6ccccc6c6cc(-c7ccc8c(c7)c7ccccc7n8-c7cccc8ccccc78)ccc65)ccc4c23)c([2H])c1[2H]. The van der Waals surface area contributed by atoms with Crippen LogP contribution in [0.15, 0.2) is 198 Å². The second kappa shape index (κ2) is 11.6. The Bertz CT molecular complexity index is 3770. The minimum Gasteiger partial charge on any atom is -0.456 e. The third-order valence-corrected chi connectivity index (χ3v) is 11.2. The first-order valence-electron chi connectivity index (χ1n) is 20.9. The Morgan fingerprint density at radius 1 is 0.400 bits per heavy atom. The first kappa shape index (κ1) is 25.6. The summed E-state index contributed by atoms with van der Waals surface area (Å²) in [5.74, 6) is 0. The number of aromatic nitrogens is 2. The van der Waals surface area contributed by atoms with E-state index in [9.17, 15) is 0 Å². The van der Waals surface area contributed by atoms with Crippen molar-refractivity contribution in [3.63, 3.8) is 0 Å². The molecular formula is C52H32N2O. The largest absolute Gasteiger partial charge is 0.456 e. The molecule has 0 spiro atoms. The smallest absolute Gasteiger partial charge is 0.137 e. The van der Waals surface area contributed by atoms with Gasteiger partial charge < -0.3 is 13.6 Å². The van der Waals surface area contributed by atoms with Crippen LogP contribution in [0.25, 0.3) is 110 Å². The minimum absolute atomic E-state index is 0.159. The average Bonchev–Trinajstić information content (AvgIpc) is 3.94. The molecule has 0 bridgehead atoms. The highest BCUT2D eigenvalue weighted by Gasteiger charge is 2.19. The van der Waals surface area contributed by atoms with Crippen LogP contribution in [-0.4, -0.2) is 9.13 Å². The molecule has 0 aliphatic heterocycles. The van der Waals surface area contributed by atoms with Crippen LogP contribution < -0.4 is 0 Å². The van der Waals surface area contributed by atoms with Gasteiger partial charge in [0.1, 0.15) is 11.2 Å². The number of nitrogens with zero attached hydrogens (tertiary/aromatic N) is 2. The molecule has 0 aliphatic carbocycles. The molecule has 3 aromatic heterocycles. The molecule has 0 N–H and O–H groups in total. The van der Waals surface area contributed by atoms with Gasteiger partial charge in [-0.2, -0.15) is 0 Å². The van der Waals surface area contributed by atoms with E-state index >= 15 is 0 Å². The van der Waals surface area contributed by atoms with Crippen molar-refractivity contribution < 1.29 is 11.3 Å². The van der Waals surface area contributed by atoms with E-state index in [1.54, 1.807) is 12.1 Å². The number of fused-ring (bicyclic) bond motifs is 10. The van der Waals surface area contributed by atoms with Crippen molar-refractivity contribution in [2.45, 2.75) is 0 Å². The lowest BCUT2D eigenvalue weighted by atomic mass is 9.99. The fraction of sp³-hybridized carbons (Fsp3) is 0. The van der Waals surface area contributed by atoms with E-state index in [0.29, 0.717) is 22.1 Å². The summed E-state index contributed by atoms with van der Waals surface area (Å²) >= 11 is 0. The van der Waals surface area contributed by atoms with Gasteiger partial charge in [0.25, 0.3) is 0 Å². The second-order valence-corrected chi connectivity index (χ2v) is 14.1. The van der Waals surface area contributed by atoms with Crippen molar-refractivity contribution in [3.8, 4) is 33.6 Å². The minimum atomic E-state index is -0.414. The summed E-state index contributed by atoms with van der Waals surface area (Å²) in [6, 6.07) is 55.6. The number of benzene rings is 9. The number of para-hydroxylation sites is 2. The van der Waals surface area contributed by atoms with E-state index in [1.165, 1.54) is 27.1 Å². The Morgan fingerprint density at radius 2 is 1.02 bits per heavy atom. The van der Waals surface area contributed by atoms with Crippen LogP contribution in [0.1, 0.15) is 6.85 Å². The van der Waals surface area contributed by atoms with Gasteiger partial charge in [0, 0.05) is 49.5 Å². The molecule has 256 valence electrons. The highest BCUT2D eigenvalue weighted by atomic mass is 16.3. The Hall–Kier alpha value is -7.36. The monoisotopic (exact) mass is 705 g/mol. The van der Waals surface area contributed by atoms with E-state index in [1.807, 2.05) is 18.2 Å². The molecule has 0 atom stereocenters. The molecule has 3 heteroatoms. The number of rotatable bonds is 4. The lowest BCUT2D eigenvalue weighted by Crippen LogP contribution is -1.95. The molecule has 0 aliphatic rings. The molecule has 12 rings (SSSR count). The zero-order chi connectivity index (χ0) is 40.4. The maximum atomic E-state index is 8.68. The fourth-order valence-corrected chi connectivity index (χ4v) is 8.79. The molecule has 12 aromatic rings. The molecule has 3 heterocycles. The molecule has 9 aromatic carbocycles. The van der Waals surface area contributed by atoms with Crippen LogP contribution in [0.3, 0.4) is 0 Å². The van der Waals surface area contributed by atoms with E-state index in [0.717, 1.165) is 55.2 Å². The lowest BCUT2D eigenvalue weighted by molar-refractivity contribution is 0.668. The van der Waals surface area contributed by atoms with Crippen LogP contribution in [0.4, 0.5) is 0 Å². The van der Waals surface area contributed by atoms with Gasteiger partial charge in [-0.3, -0.25) is 0 Å². The molecular weight excluding hydrogens is 669 g/mol. The summed E-state index contributed by atoms with van der Waals surface area (Å²) in [6.07, 6.45) is 0. The second-order valence-electron chi connectivity index (χ2n) is 14.1. The Labute approximate surface area is 323 Å². The van der Waals surface area contributed by atoms with Crippen molar-refractivity contribution in [3.05, 3.63) is 194 Å². The molecule has 0 fully saturated rings. The predicted molar refractivity (Wildman–Crippen MR) is 231 cm³/mol. The van der Waals surface area contributed by atoms with Gasteiger partial charge in [0.15, 0.2) is 0 Å². The van der Waals surface area contributed by atoms with Gasteiger partial charge >= 0.3 is 0 Å². The Morgan fingerprint density at radius 3 is 1.78 bits per heavy atom. The molecule has 0 amide bonds. The van der Waals surface area contributed by atoms with Gasteiger partial charge in [-0.25, -0.2) is 0 Å². The van der Waals surface area contributed by atoms with Crippen molar-refractivity contribution in [1.82, 2.24) is 9.13 Å². The topological polar surface area (TPSA) is 23.0 Å². The summed E-state index contributed by atoms with van der Waals surface area (Å²) < 4.78 is 53.2. The summed E-state index contributed by atoms with van der Waals surface area (Å²) in [6.45, 7) is 0. The zero-order valence-electron chi connectivity index (χ0n) is 34.4. The van der Waals surface area contributed by atoms with Crippen molar-refractivity contribution in [1.29, 1.82) is 0 Å². The highest BCUT2D eigenvalue weighted by molar-refractivity contribution is 6.15. The van der Waals surface area contributed by atoms with Crippen LogP contribution in [-0.2, 0) is 0 Å². The molecule has 3 nitrogen and oxygen atoms in total. The van der Waals surface area contributed by atoms with Crippen LogP contribution in [0, 0.1) is 0 Å². The van der Waals surface area contributed by atoms with E-state index in [4.69, 9.17) is 11.3 Å². The fourth-order valence-electron chi connectivity index (χ4n) is 8.79. The van der Waals surface area contributed by atoms with Crippen molar-refractivity contribution >= 4 is 76.3 Å². The quantitative estimate of drug-likeness (QED) is 0.179. The number of hydrogen-bond donors (Lipinski definition) is 0. The van der Waals surface area contributed by atoms with E-state index in [-0.39, 0.29) is 29.7 Å². The van der Waals surface area contributed by atoms with E-state index < -0.39 is 6.04 Å². The molecule has 0 radical (unpaired) electrons. The maximum Gasteiger partial charge on any atom is 0.137 e. The summed E-state index contributed by atoms with van der Waals surface area (Å²) in [7, 11) is 0. The van der Waals surface area contributed by atoms with Crippen LogP contribution >= 0.6 is 0 Å². The van der Waals surface area contributed by atoms with Gasteiger partial charge in [-0.1, -0.05) is 127 Å². The Kier molecular flexibility index (Phi) is 5.38. The summed E-state index contributed by atoms with van der Waals surface area (Å²) in [5, 5.41) is 8.62. The predicted octanol–water partition coefficient (Wildman–Crippen LogP) is 14.3. The van der Waals surface area contributed by atoms with Gasteiger partial charge in [0.05, 0.1) is 34.6 Å². The van der Waals surface area contributed by atoms with Crippen molar-refractivity contribution in [2.75, 3.05) is 0 Å². The normalized spacial score (nSPS) is 13.3.